The quantitative estimate of drug-likeness (QED) is 0.503. The summed E-state index contributed by atoms with van der Waals surface area (Å²) in [6.45, 7) is 1.68. The smallest absolute Gasteiger partial charge is 0.0974 e. The Labute approximate surface area is 70.4 Å². The van der Waals surface area contributed by atoms with E-state index >= 15 is 0 Å². The summed E-state index contributed by atoms with van der Waals surface area (Å²) in [7, 11) is 0. The van der Waals surface area contributed by atoms with Crippen molar-refractivity contribution >= 4 is 11.8 Å². The van der Waals surface area contributed by atoms with Crippen LogP contribution in [0.25, 0.3) is 0 Å². The molecule has 0 bridgehead atoms. The van der Waals surface area contributed by atoms with Gasteiger partial charge in [-0.1, -0.05) is 0 Å². The minimum absolute atomic E-state index is 0.212. The molecule has 2 saturated heterocycles. The van der Waals surface area contributed by atoms with E-state index in [1.165, 1.54) is 0 Å². The Morgan fingerprint density at radius 3 is 2.91 bits per heavy atom. The highest BCUT2D eigenvalue weighted by molar-refractivity contribution is 7.99. The first kappa shape index (κ1) is 7.86. The Hall–Kier alpha value is 0.230. The van der Waals surface area contributed by atoms with Crippen molar-refractivity contribution in [2.24, 2.45) is 0 Å². The van der Waals surface area contributed by atoms with Crippen LogP contribution in [0.4, 0.5) is 0 Å². The van der Waals surface area contributed by atoms with E-state index in [0.29, 0.717) is 6.54 Å². The fourth-order valence-electron chi connectivity index (χ4n) is 1.80. The lowest BCUT2D eigenvalue weighted by molar-refractivity contribution is 0.0422. The number of nitrogens with zero attached hydrogens (tertiary/aromatic N) is 1. The minimum atomic E-state index is -0.515. The molecule has 3 nitrogen and oxygen atoms in total. The normalized spacial score (nSPS) is 45.8. The molecule has 2 fully saturated rings. The van der Waals surface area contributed by atoms with E-state index < -0.39 is 12.2 Å². The molecule has 3 atom stereocenters. The third-order valence-electron chi connectivity index (χ3n) is 2.49. The molecule has 0 spiro atoms. The van der Waals surface area contributed by atoms with Crippen molar-refractivity contribution in [1.29, 1.82) is 0 Å². The predicted molar refractivity (Wildman–Crippen MR) is 44.7 cm³/mol. The highest BCUT2D eigenvalue weighted by Gasteiger charge is 2.40. The van der Waals surface area contributed by atoms with Gasteiger partial charge in [-0.05, 0) is 0 Å². The van der Waals surface area contributed by atoms with E-state index in [9.17, 15) is 10.2 Å². The molecule has 2 aliphatic rings. The first-order valence-corrected chi connectivity index (χ1v) is 5.12. The van der Waals surface area contributed by atoms with E-state index in [1.54, 1.807) is 0 Å². The SMILES string of the molecule is O[C@@H]1[C@H]2CSCCN2C[C@@H]1O. The van der Waals surface area contributed by atoms with Gasteiger partial charge >= 0.3 is 0 Å². The average Bonchev–Trinajstić information content (AvgIpc) is 2.30. The molecule has 11 heavy (non-hydrogen) atoms. The van der Waals surface area contributed by atoms with Crippen LogP contribution >= 0.6 is 11.8 Å². The largest absolute Gasteiger partial charge is 0.389 e. The molecule has 2 rings (SSSR count). The van der Waals surface area contributed by atoms with Crippen LogP contribution in [-0.4, -0.2) is 58.0 Å². The van der Waals surface area contributed by atoms with Crippen molar-refractivity contribution < 1.29 is 10.2 Å². The molecule has 0 aromatic rings. The summed E-state index contributed by atoms with van der Waals surface area (Å²) in [6, 6.07) is 0.212. The van der Waals surface area contributed by atoms with Gasteiger partial charge in [0.2, 0.25) is 0 Å². The van der Waals surface area contributed by atoms with Gasteiger partial charge in [0.15, 0.2) is 0 Å². The third-order valence-corrected chi connectivity index (χ3v) is 3.54. The molecule has 2 aliphatic heterocycles. The van der Waals surface area contributed by atoms with Crippen LogP contribution < -0.4 is 0 Å². The van der Waals surface area contributed by atoms with E-state index in [0.717, 1.165) is 18.1 Å². The van der Waals surface area contributed by atoms with E-state index in [2.05, 4.69) is 4.90 Å². The lowest BCUT2D eigenvalue weighted by Gasteiger charge is -2.29. The number of hydrogen-bond donors (Lipinski definition) is 2. The summed E-state index contributed by atoms with van der Waals surface area (Å²) < 4.78 is 0. The second kappa shape index (κ2) is 2.94. The molecule has 0 unspecified atom stereocenters. The van der Waals surface area contributed by atoms with Gasteiger partial charge in [-0.25, -0.2) is 0 Å². The van der Waals surface area contributed by atoms with E-state index in [4.69, 9.17) is 0 Å². The monoisotopic (exact) mass is 175 g/mol. The average molecular weight is 175 g/mol. The summed E-state index contributed by atoms with van der Waals surface area (Å²) >= 11 is 1.86. The molecule has 64 valence electrons. The van der Waals surface area contributed by atoms with Crippen LogP contribution in [0.1, 0.15) is 0 Å². The predicted octanol–water partition coefficient (Wildman–Crippen LogP) is -0.861. The molecule has 0 saturated carbocycles. The zero-order chi connectivity index (χ0) is 7.84. The zero-order valence-corrected chi connectivity index (χ0v) is 7.13. The number of aliphatic hydroxyl groups excluding tert-OH is 2. The highest BCUT2D eigenvalue weighted by Crippen LogP contribution is 2.26. The van der Waals surface area contributed by atoms with Crippen LogP contribution in [0.15, 0.2) is 0 Å². The topological polar surface area (TPSA) is 43.7 Å². The van der Waals surface area contributed by atoms with Crippen LogP contribution in [0.5, 0.6) is 0 Å². The third kappa shape index (κ3) is 1.28. The molecule has 2 N–H and O–H groups in total. The maximum absolute atomic E-state index is 9.49. The maximum Gasteiger partial charge on any atom is 0.0974 e. The number of aliphatic hydroxyl groups is 2. The zero-order valence-electron chi connectivity index (χ0n) is 6.31. The summed E-state index contributed by atoms with van der Waals surface area (Å²) in [5.41, 5.74) is 0. The van der Waals surface area contributed by atoms with Crippen LogP contribution in [-0.2, 0) is 0 Å². The van der Waals surface area contributed by atoms with Gasteiger partial charge in [0, 0.05) is 30.6 Å². The molecule has 0 aromatic heterocycles. The van der Waals surface area contributed by atoms with Gasteiger partial charge in [0.25, 0.3) is 0 Å². The first-order valence-electron chi connectivity index (χ1n) is 3.97. The first-order chi connectivity index (χ1) is 5.29. The van der Waals surface area contributed by atoms with Gasteiger partial charge < -0.3 is 10.2 Å². The van der Waals surface area contributed by atoms with E-state index in [1.807, 2.05) is 11.8 Å². The van der Waals surface area contributed by atoms with Crippen LogP contribution in [0.3, 0.4) is 0 Å². The number of fused-ring (bicyclic) bond motifs is 1. The molecule has 0 radical (unpaired) electrons. The molecule has 4 heteroatoms. The van der Waals surface area contributed by atoms with E-state index in [-0.39, 0.29) is 6.04 Å². The Balaban J connectivity index is 2.05. The standard InChI is InChI=1S/C7H13NO2S/c9-6-3-8-1-2-11-4-5(8)7(6)10/h5-7,9-10H,1-4H2/t5-,6+,7-/m1/s1. The molecular formula is C7H13NO2S. The van der Waals surface area contributed by atoms with Crippen molar-refractivity contribution in [2.75, 3.05) is 24.6 Å². The number of thioether (sulfide) groups is 1. The van der Waals surface area contributed by atoms with Gasteiger partial charge in [0.05, 0.1) is 12.2 Å². The highest BCUT2D eigenvalue weighted by atomic mass is 32.2. The van der Waals surface area contributed by atoms with Crippen molar-refractivity contribution in [3.05, 3.63) is 0 Å². The lowest BCUT2D eigenvalue weighted by atomic mass is 10.2. The Bertz CT molecular complexity index is 155. The van der Waals surface area contributed by atoms with Crippen LogP contribution in [0.2, 0.25) is 0 Å². The van der Waals surface area contributed by atoms with Gasteiger partial charge in [0.1, 0.15) is 0 Å². The van der Waals surface area contributed by atoms with Crippen molar-refractivity contribution in [2.45, 2.75) is 18.2 Å². The molecule has 2 heterocycles. The van der Waals surface area contributed by atoms with Crippen LogP contribution in [0, 0.1) is 0 Å². The second-order valence-electron chi connectivity index (χ2n) is 3.20. The molecule has 0 aromatic carbocycles. The Kier molecular flexibility index (Phi) is 2.10. The summed E-state index contributed by atoms with van der Waals surface area (Å²) in [5.74, 6) is 2.11. The van der Waals surface area contributed by atoms with Crippen molar-refractivity contribution in [3.8, 4) is 0 Å². The minimum Gasteiger partial charge on any atom is -0.389 e. The number of hydrogen-bond acceptors (Lipinski definition) is 4. The van der Waals surface area contributed by atoms with Crippen molar-refractivity contribution in [3.63, 3.8) is 0 Å². The second-order valence-corrected chi connectivity index (χ2v) is 4.34. The fourth-order valence-corrected chi connectivity index (χ4v) is 2.98. The lowest BCUT2D eigenvalue weighted by Crippen LogP contribution is -2.42. The summed E-state index contributed by atoms with van der Waals surface area (Å²) in [5, 5.41) is 18.8. The maximum atomic E-state index is 9.49. The molecule has 0 amide bonds. The Morgan fingerprint density at radius 1 is 1.36 bits per heavy atom. The molecule has 0 aliphatic carbocycles. The van der Waals surface area contributed by atoms with Gasteiger partial charge in [-0.15, -0.1) is 0 Å². The Morgan fingerprint density at radius 2 is 2.18 bits per heavy atom. The van der Waals surface area contributed by atoms with Crippen molar-refractivity contribution in [1.82, 2.24) is 4.90 Å². The fraction of sp³-hybridized carbons (Fsp3) is 1.00. The summed E-state index contributed by atoms with van der Waals surface area (Å²) in [6.07, 6.45) is -1.03. The number of rotatable bonds is 0. The van der Waals surface area contributed by atoms with Gasteiger partial charge in [-0.2, -0.15) is 11.8 Å². The summed E-state index contributed by atoms with van der Waals surface area (Å²) in [4.78, 5) is 2.19. The molecular weight excluding hydrogens is 162 g/mol. The van der Waals surface area contributed by atoms with Gasteiger partial charge in [-0.3, -0.25) is 4.90 Å².